The highest BCUT2D eigenvalue weighted by atomic mass is 16.5. The number of amides is 2. The molecule has 1 aliphatic heterocycles. The Balaban J connectivity index is 1.76. The van der Waals surface area contributed by atoms with Crippen LogP contribution in [-0.2, 0) is 10.3 Å². The summed E-state index contributed by atoms with van der Waals surface area (Å²) in [4.78, 5) is 18.7. The molecular formula is C16H24N6O3. The van der Waals surface area contributed by atoms with Gasteiger partial charge in [-0.25, -0.2) is 4.79 Å². The van der Waals surface area contributed by atoms with Gasteiger partial charge in [0.15, 0.2) is 5.82 Å². The van der Waals surface area contributed by atoms with Crippen molar-refractivity contribution in [3.8, 4) is 0 Å². The van der Waals surface area contributed by atoms with Crippen molar-refractivity contribution in [1.82, 2.24) is 24.8 Å². The van der Waals surface area contributed by atoms with Crippen molar-refractivity contribution < 1.29 is 14.1 Å². The predicted octanol–water partition coefficient (Wildman–Crippen LogP) is 2.32. The first-order valence-electron chi connectivity index (χ1n) is 8.23. The van der Waals surface area contributed by atoms with Crippen LogP contribution in [-0.4, -0.2) is 50.6 Å². The smallest absolute Gasteiger partial charge is 0.322 e. The van der Waals surface area contributed by atoms with E-state index in [1.165, 1.54) is 0 Å². The van der Waals surface area contributed by atoms with Crippen LogP contribution in [0.25, 0.3) is 0 Å². The fourth-order valence-electron chi connectivity index (χ4n) is 2.82. The van der Waals surface area contributed by atoms with Gasteiger partial charge in [0.1, 0.15) is 6.04 Å². The second kappa shape index (κ2) is 6.47. The lowest BCUT2D eigenvalue weighted by molar-refractivity contribution is 0.111. The molecule has 9 heteroatoms. The molecule has 1 N–H and O–H groups in total. The Morgan fingerprint density at radius 2 is 2.20 bits per heavy atom. The van der Waals surface area contributed by atoms with Gasteiger partial charge in [-0.2, -0.15) is 10.1 Å². The van der Waals surface area contributed by atoms with Gasteiger partial charge in [-0.15, -0.1) is 0 Å². The zero-order chi connectivity index (χ0) is 18.2. The number of carbonyl (C=O) groups is 1. The van der Waals surface area contributed by atoms with Gasteiger partial charge in [0.25, 0.3) is 0 Å². The molecule has 2 atom stereocenters. The molecule has 0 unspecified atom stereocenters. The molecule has 2 amide bonds. The Morgan fingerprint density at radius 1 is 1.44 bits per heavy atom. The highest BCUT2D eigenvalue weighted by molar-refractivity contribution is 5.89. The predicted molar refractivity (Wildman–Crippen MR) is 90.1 cm³/mol. The van der Waals surface area contributed by atoms with Crippen LogP contribution < -0.4 is 5.32 Å². The van der Waals surface area contributed by atoms with E-state index in [4.69, 9.17) is 9.26 Å². The highest BCUT2D eigenvalue weighted by Gasteiger charge is 2.39. The first kappa shape index (κ1) is 17.4. The number of methoxy groups -OCH3 is 1. The van der Waals surface area contributed by atoms with Crippen LogP contribution in [0.5, 0.6) is 0 Å². The van der Waals surface area contributed by atoms with Crippen LogP contribution in [0.15, 0.2) is 16.9 Å². The normalized spacial score (nSPS) is 20.9. The number of nitrogens with zero attached hydrogens (tertiary/aromatic N) is 5. The monoisotopic (exact) mass is 348 g/mol. The molecular weight excluding hydrogens is 324 g/mol. The number of nitrogens with one attached hydrogen (secondary N) is 1. The molecule has 3 heterocycles. The first-order chi connectivity index (χ1) is 11.8. The Morgan fingerprint density at radius 3 is 2.76 bits per heavy atom. The quantitative estimate of drug-likeness (QED) is 0.914. The number of hydrogen-bond acceptors (Lipinski definition) is 6. The number of aryl methyl sites for hydroxylation is 1. The van der Waals surface area contributed by atoms with Crippen LogP contribution in [0.1, 0.15) is 44.9 Å². The molecule has 0 bridgehead atoms. The van der Waals surface area contributed by atoms with Crippen molar-refractivity contribution in [3.63, 3.8) is 0 Å². The average molecular weight is 348 g/mol. The lowest BCUT2D eigenvalue weighted by Gasteiger charge is -2.22. The zero-order valence-corrected chi connectivity index (χ0v) is 15.2. The van der Waals surface area contributed by atoms with E-state index in [9.17, 15) is 4.79 Å². The van der Waals surface area contributed by atoms with Gasteiger partial charge in [-0.1, -0.05) is 5.16 Å². The van der Waals surface area contributed by atoms with Crippen LogP contribution in [0.3, 0.4) is 0 Å². The summed E-state index contributed by atoms with van der Waals surface area (Å²) in [7, 11) is 1.63. The second-order valence-corrected chi connectivity index (χ2v) is 7.22. The number of hydrogen-bond donors (Lipinski definition) is 1. The Hall–Kier alpha value is -2.42. The van der Waals surface area contributed by atoms with Crippen molar-refractivity contribution in [1.29, 1.82) is 0 Å². The van der Waals surface area contributed by atoms with Crippen molar-refractivity contribution >= 4 is 11.7 Å². The van der Waals surface area contributed by atoms with E-state index in [-0.39, 0.29) is 23.7 Å². The molecule has 25 heavy (non-hydrogen) atoms. The maximum absolute atomic E-state index is 12.8. The van der Waals surface area contributed by atoms with Crippen molar-refractivity contribution in [3.05, 3.63) is 24.1 Å². The minimum atomic E-state index is -0.302. The molecule has 0 saturated carbocycles. The summed E-state index contributed by atoms with van der Waals surface area (Å²) in [6.07, 6.45) is 4.00. The van der Waals surface area contributed by atoms with E-state index in [1.807, 2.05) is 31.6 Å². The molecule has 0 aromatic carbocycles. The third-order valence-electron chi connectivity index (χ3n) is 4.21. The van der Waals surface area contributed by atoms with E-state index in [0.717, 1.165) is 0 Å². The standard InChI is InChI=1S/C16H24N6O3/c1-10-18-14(25-20-10)13-6-12(24-5)9-21(13)15(23)19-11-7-17-22(8-11)16(2,3)4/h7-8,12-13H,6,9H2,1-5H3,(H,19,23)/t12-,13+/m0/s1. The summed E-state index contributed by atoms with van der Waals surface area (Å²) in [5.41, 5.74) is 0.489. The molecule has 0 radical (unpaired) electrons. The maximum atomic E-state index is 12.8. The van der Waals surface area contributed by atoms with Gasteiger partial charge in [0.05, 0.1) is 23.5 Å². The average Bonchev–Trinajstić information content (AvgIpc) is 3.24. The minimum absolute atomic E-state index is 0.0692. The van der Waals surface area contributed by atoms with Gasteiger partial charge in [0, 0.05) is 26.3 Å². The van der Waals surface area contributed by atoms with Gasteiger partial charge < -0.3 is 19.5 Å². The number of carbonyl (C=O) groups excluding carboxylic acids is 1. The summed E-state index contributed by atoms with van der Waals surface area (Å²) < 4.78 is 12.5. The van der Waals surface area contributed by atoms with E-state index < -0.39 is 0 Å². The second-order valence-electron chi connectivity index (χ2n) is 7.22. The number of likely N-dealkylation sites (tertiary alicyclic amines) is 1. The fraction of sp³-hybridized carbons (Fsp3) is 0.625. The molecule has 1 saturated heterocycles. The molecule has 136 valence electrons. The Bertz CT molecular complexity index is 747. The van der Waals surface area contributed by atoms with Gasteiger partial charge in [0.2, 0.25) is 5.89 Å². The number of ether oxygens (including phenoxy) is 1. The number of aromatic nitrogens is 4. The van der Waals surface area contributed by atoms with Crippen molar-refractivity contribution in [2.45, 2.75) is 51.8 Å². The summed E-state index contributed by atoms with van der Waals surface area (Å²) >= 11 is 0. The number of rotatable bonds is 3. The lowest BCUT2D eigenvalue weighted by Crippen LogP contribution is -2.35. The lowest BCUT2D eigenvalue weighted by atomic mass is 10.1. The van der Waals surface area contributed by atoms with Gasteiger partial charge >= 0.3 is 6.03 Å². The number of urea groups is 1. The molecule has 9 nitrogen and oxygen atoms in total. The Kier molecular flexibility index (Phi) is 4.51. The van der Waals surface area contributed by atoms with E-state index in [0.29, 0.717) is 30.4 Å². The van der Waals surface area contributed by atoms with E-state index in [1.54, 1.807) is 25.1 Å². The molecule has 3 rings (SSSR count). The molecule has 2 aromatic rings. The number of anilines is 1. The zero-order valence-electron chi connectivity index (χ0n) is 15.2. The van der Waals surface area contributed by atoms with Gasteiger partial charge in [-0.3, -0.25) is 4.68 Å². The molecule has 2 aromatic heterocycles. The maximum Gasteiger partial charge on any atom is 0.322 e. The van der Waals surface area contributed by atoms with Crippen molar-refractivity contribution in [2.24, 2.45) is 0 Å². The first-order valence-corrected chi connectivity index (χ1v) is 8.23. The molecule has 1 fully saturated rings. The summed E-state index contributed by atoms with van der Waals surface area (Å²) in [5.74, 6) is 0.972. The summed E-state index contributed by atoms with van der Waals surface area (Å²) in [6, 6.07) is -0.544. The highest BCUT2D eigenvalue weighted by Crippen LogP contribution is 2.33. The molecule has 0 aliphatic carbocycles. The largest absolute Gasteiger partial charge is 0.380 e. The van der Waals surface area contributed by atoms with E-state index >= 15 is 0 Å². The Labute approximate surface area is 146 Å². The van der Waals surface area contributed by atoms with E-state index in [2.05, 4.69) is 20.6 Å². The van der Waals surface area contributed by atoms with Crippen LogP contribution in [0.4, 0.5) is 10.5 Å². The minimum Gasteiger partial charge on any atom is -0.380 e. The van der Waals surface area contributed by atoms with Crippen molar-refractivity contribution in [2.75, 3.05) is 19.0 Å². The van der Waals surface area contributed by atoms with Crippen LogP contribution in [0, 0.1) is 6.92 Å². The topological polar surface area (TPSA) is 98.3 Å². The third-order valence-corrected chi connectivity index (χ3v) is 4.21. The SMILES string of the molecule is CO[C@H]1C[C@H](c2nc(C)no2)N(C(=O)Nc2cnn(C(C)(C)C)c2)C1. The van der Waals surface area contributed by atoms with Crippen LogP contribution in [0.2, 0.25) is 0 Å². The summed E-state index contributed by atoms with van der Waals surface area (Å²) in [5, 5.41) is 11.0. The third kappa shape index (κ3) is 3.65. The summed E-state index contributed by atoms with van der Waals surface area (Å²) in [6.45, 7) is 8.35. The van der Waals surface area contributed by atoms with Crippen LogP contribution >= 0.6 is 0 Å². The fourth-order valence-corrected chi connectivity index (χ4v) is 2.82. The molecule has 1 aliphatic rings. The van der Waals surface area contributed by atoms with Gasteiger partial charge in [-0.05, 0) is 27.7 Å². The molecule has 0 spiro atoms.